The van der Waals surface area contributed by atoms with Gasteiger partial charge in [-0.1, -0.05) is 5.16 Å². The van der Waals surface area contributed by atoms with Crippen molar-refractivity contribution in [2.24, 2.45) is 0 Å². The molecule has 216 valence electrons. The van der Waals surface area contributed by atoms with Gasteiger partial charge < -0.3 is 29.9 Å². The van der Waals surface area contributed by atoms with E-state index >= 15 is 0 Å². The van der Waals surface area contributed by atoms with Crippen LogP contribution < -0.4 is 20.7 Å². The number of hydrogen-bond donors (Lipinski definition) is 5. The van der Waals surface area contributed by atoms with E-state index in [4.69, 9.17) is 9.26 Å². The van der Waals surface area contributed by atoms with Gasteiger partial charge in [-0.05, 0) is 43.1 Å². The van der Waals surface area contributed by atoms with Gasteiger partial charge in [-0.2, -0.15) is 10.2 Å². The standard InChI is InChI=1S/C26H28F3N9O3/c27-26(28,29)41-21-8-17(7-19(9-21)36-20-13-32-33-14-20)11-30-3-1-2-5-39-6-4-31-25-22-15-34-38-24(22)10-23(37-25)18-12-35-40-16-18/h7-10,12-16,30,36H,1-6,11H2,(H,31,37)(H,32,33)(H,34,38). The summed E-state index contributed by atoms with van der Waals surface area (Å²) in [5.41, 5.74) is 4.05. The van der Waals surface area contributed by atoms with Gasteiger partial charge in [-0.25, -0.2) is 4.98 Å². The molecule has 41 heavy (non-hydrogen) atoms. The molecule has 5 N–H and O–H groups in total. The van der Waals surface area contributed by atoms with Gasteiger partial charge in [0.15, 0.2) is 0 Å². The minimum absolute atomic E-state index is 0.293. The Labute approximate surface area is 232 Å². The fourth-order valence-electron chi connectivity index (χ4n) is 4.10. The second-order valence-electron chi connectivity index (χ2n) is 9.05. The van der Waals surface area contributed by atoms with Crippen molar-refractivity contribution in [1.82, 2.24) is 35.9 Å². The van der Waals surface area contributed by atoms with Crippen LogP contribution >= 0.6 is 0 Å². The van der Waals surface area contributed by atoms with Crippen molar-refractivity contribution in [1.29, 1.82) is 0 Å². The summed E-state index contributed by atoms with van der Waals surface area (Å²) in [4.78, 5) is 4.65. The van der Waals surface area contributed by atoms with Crippen LogP contribution in [-0.2, 0) is 11.3 Å². The lowest BCUT2D eigenvalue weighted by molar-refractivity contribution is -0.274. The van der Waals surface area contributed by atoms with Gasteiger partial charge in [-0.3, -0.25) is 10.2 Å². The number of nitrogens with one attached hydrogen (secondary N) is 5. The second kappa shape index (κ2) is 13.1. The highest BCUT2D eigenvalue weighted by Gasteiger charge is 2.31. The van der Waals surface area contributed by atoms with E-state index < -0.39 is 6.36 Å². The molecule has 0 spiro atoms. The van der Waals surface area contributed by atoms with Crippen molar-refractivity contribution < 1.29 is 27.2 Å². The van der Waals surface area contributed by atoms with Crippen LogP contribution in [0.25, 0.3) is 22.2 Å². The normalized spacial score (nSPS) is 11.7. The molecule has 4 heterocycles. The van der Waals surface area contributed by atoms with Crippen LogP contribution in [0.3, 0.4) is 0 Å². The Balaban J connectivity index is 1.01. The fourth-order valence-corrected chi connectivity index (χ4v) is 4.10. The Morgan fingerprint density at radius 1 is 0.951 bits per heavy atom. The summed E-state index contributed by atoms with van der Waals surface area (Å²) in [6.45, 7) is 2.68. The predicted molar refractivity (Wildman–Crippen MR) is 145 cm³/mol. The second-order valence-corrected chi connectivity index (χ2v) is 9.05. The predicted octanol–water partition coefficient (Wildman–Crippen LogP) is 4.98. The molecule has 0 fully saturated rings. The summed E-state index contributed by atoms with van der Waals surface area (Å²) in [5.74, 6) is 0.395. The van der Waals surface area contributed by atoms with Crippen molar-refractivity contribution in [3.63, 3.8) is 0 Å². The molecule has 0 aliphatic rings. The fraction of sp³-hybridized carbons (Fsp3) is 0.308. The number of ether oxygens (including phenoxy) is 2. The molecule has 0 atom stereocenters. The summed E-state index contributed by atoms with van der Waals surface area (Å²) in [5, 5.41) is 27.7. The topological polar surface area (TPSA) is 151 Å². The first-order valence-electron chi connectivity index (χ1n) is 12.8. The molecule has 1 aromatic carbocycles. The minimum atomic E-state index is -4.78. The van der Waals surface area contributed by atoms with Gasteiger partial charge >= 0.3 is 6.36 Å². The highest BCUT2D eigenvalue weighted by molar-refractivity contribution is 5.91. The maximum absolute atomic E-state index is 12.8. The number of halogens is 3. The average Bonchev–Trinajstić information content (AvgIpc) is 3.71. The highest BCUT2D eigenvalue weighted by Crippen LogP contribution is 2.29. The molecule has 0 radical (unpaired) electrons. The lowest BCUT2D eigenvalue weighted by Gasteiger charge is -2.14. The first kappa shape index (κ1) is 27.9. The van der Waals surface area contributed by atoms with E-state index in [1.165, 1.54) is 24.6 Å². The van der Waals surface area contributed by atoms with Crippen LogP contribution in [0, 0.1) is 0 Å². The molecule has 15 heteroatoms. The van der Waals surface area contributed by atoms with Gasteiger partial charge in [-0.15, -0.1) is 13.2 Å². The first-order chi connectivity index (χ1) is 19.9. The number of pyridine rings is 1. The molecule has 0 saturated heterocycles. The number of anilines is 3. The summed E-state index contributed by atoms with van der Waals surface area (Å²) in [6.07, 6.45) is 4.85. The van der Waals surface area contributed by atoms with Crippen molar-refractivity contribution in [3.05, 3.63) is 60.9 Å². The molecule has 0 aliphatic heterocycles. The van der Waals surface area contributed by atoms with Gasteiger partial charge in [0.2, 0.25) is 0 Å². The Hall–Kier alpha value is -4.63. The summed E-state index contributed by atoms with van der Waals surface area (Å²) in [6, 6.07) is 6.30. The van der Waals surface area contributed by atoms with Crippen LogP contribution in [0.5, 0.6) is 5.75 Å². The summed E-state index contributed by atoms with van der Waals surface area (Å²) < 4.78 is 53.2. The van der Waals surface area contributed by atoms with E-state index in [0.717, 1.165) is 29.3 Å². The number of H-pyrrole nitrogens is 2. The zero-order chi connectivity index (χ0) is 28.5. The monoisotopic (exact) mass is 571 g/mol. The molecule has 12 nitrogen and oxygen atoms in total. The maximum Gasteiger partial charge on any atom is 0.573 e. The average molecular weight is 572 g/mol. The number of unbranched alkanes of at least 4 members (excludes halogenated alkanes) is 1. The zero-order valence-corrected chi connectivity index (χ0v) is 21.8. The molecule has 0 amide bonds. The van der Waals surface area contributed by atoms with Crippen LogP contribution in [0.1, 0.15) is 18.4 Å². The van der Waals surface area contributed by atoms with Crippen molar-refractivity contribution in [3.8, 4) is 17.0 Å². The quantitative estimate of drug-likeness (QED) is 0.109. The van der Waals surface area contributed by atoms with Crippen molar-refractivity contribution in [2.75, 3.05) is 36.9 Å². The summed E-state index contributed by atoms with van der Waals surface area (Å²) >= 11 is 0. The number of fused-ring (bicyclic) bond motifs is 1. The molecule has 0 bridgehead atoms. The van der Waals surface area contributed by atoms with Crippen molar-refractivity contribution in [2.45, 2.75) is 25.7 Å². The first-order valence-corrected chi connectivity index (χ1v) is 12.8. The molecule has 4 aromatic heterocycles. The molecule has 5 aromatic rings. The summed E-state index contributed by atoms with van der Waals surface area (Å²) in [7, 11) is 0. The SMILES string of the molecule is FC(F)(F)Oc1cc(CNCCCCOCCNc2nc(-c3cnoc3)cc3[nH]ncc23)cc(Nc2cn[nH]c2)c1. The third-order valence-corrected chi connectivity index (χ3v) is 5.91. The number of hydrogen-bond acceptors (Lipinski definition) is 10. The highest BCUT2D eigenvalue weighted by atomic mass is 19.4. The number of nitrogens with zero attached hydrogens (tertiary/aromatic N) is 4. The van der Waals surface area contributed by atoms with Crippen LogP contribution in [0.4, 0.5) is 30.4 Å². The van der Waals surface area contributed by atoms with Gasteiger partial charge in [0.1, 0.15) is 17.8 Å². The van der Waals surface area contributed by atoms with E-state index in [1.54, 1.807) is 24.7 Å². The molecular formula is C26H28F3N9O3. The zero-order valence-electron chi connectivity index (χ0n) is 21.8. The van der Waals surface area contributed by atoms with Crippen LogP contribution in [0.15, 0.2) is 59.8 Å². The number of benzene rings is 1. The molecule has 0 saturated carbocycles. The Kier molecular flexibility index (Phi) is 8.95. The maximum atomic E-state index is 12.8. The molecular weight excluding hydrogens is 543 g/mol. The number of alkyl halides is 3. The van der Waals surface area contributed by atoms with Crippen LogP contribution in [0.2, 0.25) is 0 Å². The van der Waals surface area contributed by atoms with E-state index in [-0.39, 0.29) is 5.75 Å². The number of aromatic amines is 2. The molecule has 5 rings (SSSR count). The lowest BCUT2D eigenvalue weighted by Crippen LogP contribution is -2.18. The molecule has 0 aliphatic carbocycles. The Bertz CT molecular complexity index is 1510. The minimum Gasteiger partial charge on any atom is -0.406 e. The number of aromatic nitrogens is 6. The lowest BCUT2D eigenvalue weighted by atomic mass is 10.1. The van der Waals surface area contributed by atoms with E-state index in [1.807, 2.05) is 6.07 Å². The van der Waals surface area contributed by atoms with Gasteiger partial charge in [0.05, 0.1) is 53.0 Å². The smallest absolute Gasteiger partial charge is 0.406 e. The van der Waals surface area contributed by atoms with E-state index in [2.05, 4.69) is 51.2 Å². The number of rotatable bonds is 15. The third-order valence-electron chi connectivity index (χ3n) is 5.91. The van der Waals surface area contributed by atoms with E-state index in [9.17, 15) is 13.2 Å². The van der Waals surface area contributed by atoms with Gasteiger partial charge in [0, 0.05) is 37.6 Å². The Morgan fingerprint density at radius 2 is 1.88 bits per heavy atom. The molecule has 0 unspecified atom stereocenters. The van der Waals surface area contributed by atoms with Crippen molar-refractivity contribution >= 4 is 28.1 Å². The van der Waals surface area contributed by atoms with E-state index in [0.29, 0.717) is 61.3 Å². The Morgan fingerprint density at radius 3 is 2.68 bits per heavy atom. The van der Waals surface area contributed by atoms with Crippen LogP contribution in [-0.4, -0.2) is 63.2 Å². The third kappa shape index (κ3) is 8.18. The van der Waals surface area contributed by atoms with Gasteiger partial charge in [0.25, 0.3) is 0 Å². The largest absolute Gasteiger partial charge is 0.573 e.